The summed E-state index contributed by atoms with van der Waals surface area (Å²) in [5, 5.41) is 10.6. The summed E-state index contributed by atoms with van der Waals surface area (Å²) in [5.41, 5.74) is 1.23. The van der Waals surface area contributed by atoms with E-state index in [0.29, 0.717) is 11.1 Å². The summed E-state index contributed by atoms with van der Waals surface area (Å²) in [6, 6.07) is 7.18. The van der Waals surface area contributed by atoms with Gasteiger partial charge in [-0.3, -0.25) is 19.2 Å². The molecule has 1 aromatic carbocycles. The molecule has 0 bridgehead atoms. The van der Waals surface area contributed by atoms with Crippen molar-refractivity contribution in [2.45, 2.75) is 64.9 Å². The maximum atomic E-state index is 12.0. The third-order valence-electron chi connectivity index (χ3n) is 5.23. The van der Waals surface area contributed by atoms with Crippen LogP contribution in [0.5, 0.6) is 0 Å². The van der Waals surface area contributed by atoms with Crippen molar-refractivity contribution >= 4 is 34.8 Å². The first-order valence-corrected chi connectivity index (χ1v) is 10.6. The summed E-state index contributed by atoms with van der Waals surface area (Å²) in [7, 11) is 0. The first-order valence-electron chi connectivity index (χ1n) is 10.6. The average Bonchev–Trinajstić information content (AvgIpc) is 3.13. The second-order valence-corrected chi connectivity index (χ2v) is 7.83. The smallest absolute Gasteiger partial charge is 0.303 e. The molecule has 0 radical (unpaired) electrons. The van der Waals surface area contributed by atoms with Gasteiger partial charge in [-0.2, -0.15) is 0 Å². The molecule has 5 atom stereocenters. The van der Waals surface area contributed by atoms with Crippen molar-refractivity contribution in [1.29, 1.82) is 0 Å². The first kappa shape index (κ1) is 25.2. The molecule has 2 heterocycles. The van der Waals surface area contributed by atoms with Gasteiger partial charge < -0.3 is 33.4 Å². The highest BCUT2D eigenvalue weighted by atomic mass is 16.7. The van der Waals surface area contributed by atoms with Crippen molar-refractivity contribution in [2.24, 2.45) is 0 Å². The maximum absolute atomic E-state index is 12.0. The number of fused-ring (bicyclic) bond motifs is 1. The summed E-state index contributed by atoms with van der Waals surface area (Å²) >= 11 is 0. The van der Waals surface area contributed by atoms with Crippen LogP contribution < -0.4 is 0 Å². The number of esters is 4. The monoisotopic (exact) mass is 477 g/mol. The van der Waals surface area contributed by atoms with E-state index < -0.39 is 54.5 Å². The number of para-hydroxylation sites is 1. The van der Waals surface area contributed by atoms with Crippen molar-refractivity contribution < 1.29 is 48.0 Å². The van der Waals surface area contributed by atoms with Crippen LogP contribution in [0, 0.1) is 0 Å². The van der Waals surface area contributed by atoms with Gasteiger partial charge in [0.05, 0.1) is 12.1 Å². The number of carbonyl (C=O) groups is 4. The van der Waals surface area contributed by atoms with Gasteiger partial charge in [0.2, 0.25) is 0 Å². The van der Waals surface area contributed by atoms with Crippen LogP contribution in [0.3, 0.4) is 0 Å². The van der Waals surface area contributed by atoms with Crippen molar-refractivity contribution in [3.63, 3.8) is 0 Å². The number of carbonyl (C=O) groups excluding carboxylic acids is 4. The molecular weight excluding hydrogens is 450 g/mol. The summed E-state index contributed by atoms with van der Waals surface area (Å²) in [6.07, 6.45) is -4.25. The standard InChI is InChI=1S/C23H27NO10/c1-12(26)30-11-19-20(31-13(2)27)21(32-14(3)28)22(33-15(4)29)23(34-19)24-9-16(10-25)17-7-5-6-8-18(17)24/h5-9,19-23,25H,10-11H2,1-4H3/t19-,20-,21-,22+,23-/m0/s1. The second-order valence-electron chi connectivity index (χ2n) is 7.83. The van der Waals surface area contributed by atoms with E-state index in [1.54, 1.807) is 29.0 Å². The van der Waals surface area contributed by atoms with Gasteiger partial charge in [0.15, 0.2) is 24.5 Å². The van der Waals surface area contributed by atoms with E-state index in [4.69, 9.17) is 23.7 Å². The van der Waals surface area contributed by atoms with Crippen molar-refractivity contribution in [3.8, 4) is 0 Å². The zero-order valence-electron chi connectivity index (χ0n) is 19.3. The average molecular weight is 477 g/mol. The minimum absolute atomic E-state index is 0.265. The Morgan fingerprint density at radius 3 is 2.06 bits per heavy atom. The van der Waals surface area contributed by atoms with E-state index in [1.165, 1.54) is 13.8 Å². The van der Waals surface area contributed by atoms with Crippen molar-refractivity contribution in [2.75, 3.05) is 6.61 Å². The van der Waals surface area contributed by atoms with Gasteiger partial charge in [-0.15, -0.1) is 0 Å². The van der Waals surface area contributed by atoms with Crippen LogP contribution in [0.25, 0.3) is 10.9 Å². The third-order valence-corrected chi connectivity index (χ3v) is 5.23. The van der Waals surface area contributed by atoms with E-state index in [1.807, 2.05) is 6.07 Å². The highest BCUT2D eigenvalue weighted by molar-refractivity contribution is 5.84. The Balaban J connectivity index is 2.16. The van der Waals surface area contributed by atoms with Crippen LogP contribution in [-0.2, 0) is 49.5 Å². The fourth-order valence-corrected chi connectivity index (χ4v) is 4.04. The highest BCUT2D eigenvalue weighted by Crippen LogP contribution is 2.37. The van der Waals surface area contributed by atoms with E-state index in [-0.39, 0.29) is 13.2 Å². The molecule has 0 saturated carbocycles. The summed E-state index contributed by atoms with van der Waals surface area (Å²) in [6.45, 7) is 4.13. The topological polar surface area (TPSA) is 140 Å². The molecule has 1 aliphatic rings. The number of ether oxygens (including phenoxy) is 5. The molecule has 3 rings (SSSR count). The zero-order valence-corrected chi connectivity index (χ0v) is 19.3. The number of rotatable bonds is 7. The van der Waals surface area contributed by atoms with Crippen LogP contribution in [0.4, 0.5) is 0 Å². The Labute approximate surface area is 195 Å². The minimum Gasteiger partial charge on any atom is -0.463 e. The van der Waals surface area contributed by atoms with E-state index in [2.05, 4.69) is 0 Å². The molecule has 1 aliphatic heterocycles. The molecule has 34 heavy (non-hydrogen) atoms. The molecule has 1 aromatic heterocycles. The number of aliphatic hydroxyl groups is 1. The Morgan fingerprint density at radius 1 is 0.882 bits per heavy atom. The molecule has 0 amide bonds. The van der Waals surface area contributed by atoms with Crippen LogP contribution in [-0.4, -0.2) is 64.6 Å². The zero-order chi connectivity index (χ0) is 25.0. The Hall–Kier alpha value is -3.44. The van der Waals surface area contributed by atoms with Gasteiger partial charge in [-0.1, -0.05) is 18.2 Å². The van der Waals surface area contributed by atoms with E-state index >= 15 is 0 Å². The third kappa shape index (κ3) is 5.54. The second kappa shape index (κ2) is 10.7. The van der Waals surface area contributed by atoms with Gasteiger partial charge in [0, 0.05) is 44.8 Å². The largest absolute Gasteiger partial charge is 0.463 e. The van der Waals surface area contributed by atoms with Crippen molar-refractivity contribution in [1.82, 2.24) is 4.57 Å². The molecule has 1 saturated heterocycles. The lowest BCUT2D eigenvalue weighted by Gasteiger charge is -2.44. The predicted molar refractivity (Wildman–Crippen MR) is 115 cm³/mol. The molecule has 1 N–H and O–H groups in total. The van der Waals surface area contributed by atoms with Crippen LogP contribution in [0.2, 0.25) is 0 Å². The summed E-state index contributed by atoms with van der Waals surface area (Å²) < 4.78 is 29.3. The quantitative estimate of drug-likeness (QED) is 0.459. The van der Waals surface area contributed by atoms with Gasteiger partial charge in [0.25, 0.3) is 0 Å². The molecule has 0 aliphatic carbocycles. The van der Waals surface area contributed by atoms with Crippen LogP contribution >= 0.6 is 0 Å². The molecule has 184 valence electrons. The number of benzene rings is 1. The van der Waals surface area contributed by atoms with Crippen LogP contribution in [0.1, 0.15) is 39.5 Å². The molecule has 2 aromatic rings. The molecule has 0 unspecified atom stereocenters. The number of aliphatic hydroxyl groups excluding tert-OH is 1. The predicted octanol–water partition coefficient (Wildman–Crippen LogP) is 1.39. The number of hydrogen-bond donors (Lipinski definition) is 1. The molecule has 11 heteroatoms. The lowest BCUT2D eigenvalue weighted by molar-refractivity contribution is -0.267. The number of hydrogen-bond acceptors (Lipinski definition) is 10. The van der Waals surface area contributed by atoms with Gasteiger partial charge >= 0.3 is 23.9 Å². The van der Waals surface area contributed by atoms with Crippen LogP contribution in [0.15, 0.2) is 30.5 Å². The highest BCUT2D eigenvalue weighted by Gasteiger charge is 2.53. The Bertz CT molecular complexity index is 1080. The molecular formula is C23H27NO10. The maximum Gasteiger partial charge on any atom is 0.303 e. The lowest BCUT2D eigenvalue weighted by Crippen LogP contribution is -2.60. The van der Waals surface area contributed by atoms with Gasteiger partial charge in [-0.25, -0.2) is 0 Å². The minimum atomic E-state index is -1.27. The SMILES string of the molecule is CC(=O)OC[C@@H]1O[C@H](n2cc(CO)c3ccccc32)[C@H](OC(C)=O)[C@@H](OC(C)=O)[C@H]1OC(C)=O. The summed E-state index contributed by atoms with van der Waals surface area (Å²) in [5.74, 6) is -2.69. The number of nitrogens with zero attached hydrogens (tertiary/aromatic N) is 1. The Morgan fingerprint density at radius 2 is 1.47 bits per heavy atom. The lowest BCUT2D eigenvalue weighted by atomic mass is 9.97. The fraction of sp³-hybridized carbons (Fsp3) is 0.478. The molecule has 11 nitrogen and oxygen atoms in total. The molecule has 0 spiro atoms. The normalized spacial score (nSPS) is 24.3. The Kier molecular flexibility index (Phi) is 7.90. The van der Waals surface area contributed by atoms with Gasteiger partial charge in [-0.05, 0) is 6.07 Å². The van der Waals surface area contributed by atoms with Crippen molar-refractivity contribution in [3.05, 3.63) is 36.0 Å². The van der Waals surface area contributed by atoms with Gasteiger partial charge in [0.1, 0.15) is 12.7 Å². The fourth-order valence-electron chi connectivity index (χ4n) is 4.04. The first-order chi connectivity index (χ1) is 16.1. The molecule has 1 fully saturated rings. The van der Waals surface area contributed by atoms with E-state index in [0.717, 1.165) is 19.2 Å². The number of aromatic nitrogens is 1. The van der Waals surface area contributed by atoms with E-state index in [9.17, 15) is 24.3 Å². The summed E-state index contributed by atoms with van der Waals surface area (Å²) in [4.78, 5) is 47.3.